The lowest BCUT2D eigenvalue weighted by atomic mass is 9.98. The lowest BCUT2D eigenvalue weighted by molar-refractivity contribution is 0.297. The quantitative estimate of drug-likeness (QED) is 0.905. The Balaban J connectivity index is 0.00000147. The van der Waals surface area contributed by atoms with Crippen molar-refractivity contribution < 1.29 is 4.74 Å². The molecule has 0 amide bonds. The normalized spacial score (nSPS) is 15.7. The van der Waals surface area contributed by atoms with Crippen molar-refractivity contribution >= 4 is 23.2 Å². The summed E-state index contributed by atoms with van der Waals surface area (Å²) < 4.78 is 6.01. The molecule has 3 heteroatoms. The highest BCUT2D eigenvalue weighted by atomic mass is 35.5. The first-order valence-electron chi connectivity index (χ1n) is 7.13. The van der Waals surface area contributed by atoms with Crippen LogP contribution in [0.15, 0.2) is 36.4 Å². The van der Waals surface area contributed by atoms with Crippen LogP contribution in [0.3, 0.4) is 0 Å². The zero-order valence-electron chi connectivity index (χ0n) is 11.8. The predicted molar refractivity (Wildman–Crippen MR) is 86.8 cm³/mol. The molecule has 0 spiro atoms. The number of hydrogen-bond donors (Lipinski definition) is 1. The monoisotopic (exact) mass is 291 g/mol. The number of fused-ring (bicyclic) bond motifs is 1. The second-order valence-electron chi connectivity index (χ2n) is 5.70. The minimum Gasteiger partial charge on any atom is -0.493 e. The van der Waals surface area contributed by atoms with Gasteiger partial charge in [0.05, 0.1) is 6.61 Å². The molecular weight excluding hydrogens is 270 g/mol. The summed E-state index contributed by atoms with van der Waals surface area (Å²) >= 11 is 0. The van der Waals surface area contributed by atoms with E-state index in [1.807, 2.05) is 6.92 Å². The summed E-state index contributed by atoms with van der Waals surface area (Å²) in [7, 11) is 0. The van der Waals surface area contributed by atoms with Crippen molar-refractivity contribution in [2.45, 2.75) is 32.2 Å². The Labute approximate surface area is 126 Å². The highest BCUT2D eigenvalue weighted by Gasteiger charge is 2.22. The number of nitrogens with two attached hydrogens (primary N) is 1. The zero-order valence-corrected chi connectivity index (χ0v) is 12.7. The smallest absolute Gasteiger partial charge is 0.123 e. The highest BCUT2D eigenvalue weighted by molar-refractivity contribution is 5.87. The maximum absolute atomic E-state index is 6.01. The largest absolute Gasteiger partial charge is 0.493 e. The summed E-state index contributed by atoms with van der Waals surface area (Å²) in [5.41, 5.74) is 7.26. The highest BCUT2D eigenvalue weighted by Crippen LogP contribution is 2.33. The van der Waals surface area contributed by atoms with Crippen LogP contribution in [-0.4, -0.2) is 12.6 Å². The molecule has 3 rings (SSSR count). The lowest BCUT2D eigenvalue weighted by Gasteiger charge is -2.15. The SMILES string of the molecule is CC(N)Cc1c(OCC2CC2)ccc2ccccc12.Cl. The molecule has 0 radical (unpaired) electrons. The fraction of sp³-hybridized carbons (Fsp3) is 0.412. The zero-order chi connectivity index (χ0) is 13.2. The number of ether oxygens (including phenoxy) is 1. The topological polar surface area (TPSA) is 35.2 Å². The molecule has 0 aromatic heterocycles. The van der Waals surface area contributed by atoms with Crippen molar-refractivity contribution in [2.75, 3.05) is 6.61 Å². The Hall–Kier alpha value is -1.25. The van der Waals surface area contributed by atoms with E-state index in [0.717, 1.165) is 24.7 Å². The van der Waals surface area contributed by atoms with Gasteiger partial charge in [0, 0.05) is 11.6 Å². The molecule has 0 bridgehead atoms. The van der Waals surface area contributed by atoms with Crippen LogP contribution in [0.4, 0.5) is 0 Å². The summed E-state index contributed by atoms with van der Waals surface area (Å²) in [5, 5.41) is 2.53. The van der Waals surface area contributed by atoms with Crippen LogP contribution in [0.5, 0.6) is 5.75 Å². The van der Waals surface area contributed by atoms with E-state index in [-0.39, 0.29) is 18.4 Å². The Bertz CT molecular complexity index is 578. The third-order valence-corrected chi connectivity index (χ3v) is 3.70. The van der Waals surface area contributed by atoms with Gasteiger partial charge in [-0.3, -0.25) is 0 Å². The van der Waals surface area contributed by atoms with E-state index in [1.165, 1.54) is 29.2 Å². The average Bonchev–Trinajstić information content (AvgIpc) is 3.21. The first-order chi connectivity index (χ1) is 9.24. The van der Waals surface area contributed by atoms with Gasteiger partial charge in [-0.2, -0.15) is 0 Å². The molecule has 2 aromatic rings. The molecule has 20 heavy (non-hydrogen) atoms. The van der Waals surface area contributed by atoms with Crippen LogP contribution in [0.1, 0.15) is 25.3 Å². The molecule has 1 saturated carbocycles. The molecule has 2 nitrogen and oxygen atoms in total. The fourth-order valence-corrected chi connectivity index (χ4v) is 2.48. The molecule has 1 atom stereocenters. The summed E-state index contributed by atoms with van der Waals surface area (Å²) in [6.07, 6.45) is 3.49. The van der Waals surface area contributed by atoms with Gasteiger partial charge < -0.3 is 10.5 Å². The third kappa shape index (κ3) is 3.44. The van der Waals surface area contributed by atoms with Gasteiger partial charge in [-0.15, -0.1) is 12.4 Å². The summed E-state index contributed by atoms with van der Waals surface area (Å²) in [5.74, 6) is 1.79. The fourth-order valence-electron chi connectivity index (χ4n) is 2.48. The van der Waals surface area contributed by atoms with E-state index >= 15 is 0 Å². The number of rotatable bonds is 5. The van der Waals surface area contributed by atoms with Crippen LogP contribution in [0.2, 0.25) is 0 Å². The minimum atomic E-state index is 0. The number of benzene rings is 2. The van der Waals surface area contributed by atoms with Crippen molar-refractivity contribution in [3.63, 3.8) is 0 Å². The lowest BCUT2D eigenvalue weighted by Crippen LogP contribution is -2.18. The number of hydrogen-bond acceptors (Lipinski definition) is 2. The van der Waals surface area contributed by atoms with E-state index in [2.05, 4.69) is 36.4 Å². The molecule has 1 aliphatic carbocycles. The van der Waals surface area contributed by atoms with Gasteiger partial charge in [0.1, 0.15) is 5.75 Å². The van der Waals surface area contributed by atoms with Crippen molar-refractivity contribution in [3.05, 3.63) is 42.0 Å². The van der Waals surface area contributed by atoms with Gasteiger partial charge in [0.2, 0.25) is 0 Å². The Morgan fingerprint density at radius 3 is 2.65 bits per heavy atom. The molecule has 1 aliphatic rings. The van der Waals surface area contributed by atoms with Gasteiger partial charge in [0.15, 0.2) is 0 Å². The Morgan fingerprint density at radius 1 is 1.20 bits per heavy atom. The van der Waals surface area contributed by atoms with Crippen LogP contribution >= 0.6 is 12.4 Å². The standard InChI is InChI=1S/C17H21NO.ClH/c1-12(18)10-16-15-5-3-2-4-14(15)8-9-17(16)19-11-13-6-7-13;/h2-5,8-9,12-13H,6-7,10-11,18H2,1H3;1H. The van der Waals surface area contributed by atoms with E-state index < -0.39 is 0 Å². The van der Waals surface area contributed by atoms with E-state index in [1.54, 1.807) is 0 Å². The summed E-state index contributed by atoms with van der Waals surface area (Å²) in [6, 6.07) is 12.8. The molecule has 1 fully saturated rings. The van der Waals surface area contributed by atoms with Gasteiger partial charge in [-0.05, 0) is 48.9 Å². The van der Waals surface area contributed by atoms with Crippen molar-refractivity contribution in [1.29, 1.82) is 0 Å². The average molecular weight is 292 g/mol. The van der Waals surface area contributed by atoms with Crippen LogP contribution in [0.25, 0.3) is 10.8 Å². The number of halogens is 1. The van der Waals surface area contributed by atoms with Crippen LogP contribution in [-0.2, 0) is 6.42 Å². The van der Waals surface area contributed by atoms with Crippen molar-refractivity contribution in [2.24, 2.45) is 11.7 Å². The molecule has 2 aromatic carbocycles. The Kier molecular flexibility index (Phi) is 4.90. The van der Waals surface area contributed by atoms with Gasteiger partial charge >= 0.3 is 0 Å². The molecule has 0 heterocycles. The van der Waals surface area contributed by atoms with E-state index in [4.69, 9.17) is 10.5 Å². The van der Waals surface area contributed by atoms with Gasteiger partial charge in [0.25, 0.3) is 0 Å². The maximum atomic E-state index is 6.01. The van der Waals surface area contributed by atoms with E-state index in [9.17, 15) is 0 Å². The van der Waals surface area contributed by atoms with Crippen molar-refractivity contribution in [1.82, 2.24) is 0 Å². The van der Waals surface area contributed by atoms with Crippen LogP contribution in [0, 0.1) is 5.92 Å². The second kappa shape index (κ2) is 6.47. The maximum Gasteiger partial charge on any atom is 0.123 e. The first kappa shape index (κ1) is 15.1. The summed E-state index contributed by atoms with van der Waals surface area (Å²) in [6.45, 7) is 2.90. The third-order valence-electron chi connectivity index (χ3n) is 3.70. The minimum absolute atomic E-state index is 0. The van der Waals surface area contributed by atoms with Crippen LogP contribution < -0.4 is 10.5 Å². The Morgan fingerprint density at radius 2 is 1.95 bits per heavy atom. The first-order valence-corrected chi connectivity index (χ1v) is 7.13. The molecule has 108 valence electrons. The molecule has 0 saturated heterocycles. The van der Waals surface area contributed by atoms with Crippen molar-refractivity contribution in [3.8, 4) is 5.75 Å². The molecule has 0 aliphatic heterocycles. The molecule has 1 unspecified atom stereocenters. The second-order valence-corrected chi connectivity index (χ2v) is 5.70. The molecule has 2 N–H and O–H groups in total. The molecular formula is C17H22ClNO. The summed E-state index contributed by atoms with van der Waals surface area (Å²) in [4.78, 5) is 0. The predicted octanol–water partition coefficient (Wildman–Crippen LogP) is 3.94. The van der Waals surface area contributed by atoms with E-state index in [0.29, 0.717) is 0 Å². The van der Waals surface area contributed by atoms with Gasteiger partial charge in [-0.25, -0.2) is 0 Å². The van der Waals surface area contributed by atoms with Gasteiger partial charge in [-0.1, -0.05) is 30.3 Å².